The number of hydrogen-bond donors (Lipinski definition) is 2. The fourth-order valence-electron chi connectivity index (χ4n) is 4.52. The number of halogens is 1. The Balaban J connectivity index is 1.44. The molecule has 0 unspecified atom stereocenters. The van der Waals surface area contributed by atoms with Crippen LogP contribution in [0, 0.1) is 5.82 Å². The Hall–Kier alpha value is -3.54. The predicted molar refractivity (Wildman–Crippen MR) is 128 cm³/mol. The molecule has 4 aromatic rings. The van der Waals surface area contributed by atoms with Gasteiger partial charge in [0, 0.05) is 24.8 Å². The minimum Gasteiger partial charge on any atom is -0.492 e. The highest BCUT2D eigenvalue weighted by atomic mass is 19.1. The second-order valence-electron chi connectivity index (χ2n) is 8.35. The number of pyridine rings is 1. The summed E-state index contributed by atoms with van der Waals surface area (Å²) in [6, 6.07) is 16.4. The molecule has 1 aromatic heterocycles. The standard InChI is InChI=1S/C26H26FN3O2/c1-32-26-24(29-14-5-9-17-8-4-7-16-6-2-3-10-19(16)17)22(27)23(28)21-20(31)13-15-30(25(21)26)18-11-12-18/h2-4,6-8,10,13,15,18,29H,5,9,11-12,14,28H2,1H3. The molecule has 164 valence electrons. The summed E-state index contributed by atoms with van der Waals surface area (Å²) in [4.78, 5) is 12.5. The number of ether oxygens (including phenoxy) is 1. The van der Waals surface area contributed by atoms with Crippen molar-refractivity contribution in [2.45, 2.75) is 31.7 Å². The van der Waals surface area contributed by atoms with Gasteiger partial charge in [-0.05, 0) is 42.0 Å². The number of aromatic nitrogens is 1. The Morgan fingerprint density at radius 3 is 2.72 bits per heavy atom. The van der Waals surface area contributed by atoms with E-state index in [2.05, 4.69) is 35.6 Å². The molecule has 5 nitrogen and oxygen atoms in total. The molecule has 0 atom stereocenters. The first kappa shape index (κ1) is 20.4. The van der Waals surface area contributed by atoms with E-state index in [-0.39, 0.29) is 28.2 Å². The van der Waals surface area contributed by atoms with E-state index in [1.165, 1.54) is 29.5 Å². The highest BCUT2D eigenvalue weighted by Crippen LogP contribution is 2.44. The number of nitrogens with zero attached hydrogens (tertiary/aromatic N) is 1. The predicted octanol–water partition coefficient (Wildman–Crippen LogP) is 5.26. The minimum atomic E-state index is -0.634. The van der Waals surface area contributed by atoms with Crippen LogP contribution in [0.3, 0.4) is 0 Å². The van der Waals surface area contributed by atoms with Gasteiger partial charge in [0.05, 0.1) is 23.7 Å². The van der Waals surface area contributed by atoms with Gasteiger partial charge in [0.25, 0.3) is 0 Å². The molecule has 3 aromatic carbocycles. The van der Waals surface area contributed by atoms with Gasteiger partial charge in [0.1, 0.15) is 5.69 Å². The largest absolute Gasteiger partial charge is 0.492 e. The topological polar surface area (TPSA) is 69.3 Å². The van der Waals surface area contributed by atoms with Gasteiger partial charge in [-0.1, -0.05) is 42.5 Å². The number of methoxy groups -OCH3 is 1. The molecule has 1 heterocycles. The summed E-state index contributed by atoms with van der Waals surface area (Å²) in [6.45, 7) is 0.544. The molecule has 3 N–H and O–H groups in total. The summed E-state index contributed by atoms with van der Waals surface area (Å²) in [5.41, 5.74) is 7.73. The molecule has 0 bridgehead atoms. The summed E-state index contributed by atoms with van der Waals surface area (Å²) in [6.07, 6.45) is 5.46. The van der Waals surface area contributed by atoms with E-state index in [1.807, 2.05) is 16.7 Å². The first-order valence-electron chi connectivity index (χ1n) is 11.0. The molecular weight excluding hydrogens is 405 g/mol. The highest BCUT2D eigenvalue weighted by Gasteiger charge is 2.29. The number of nitrogens with two attached hydrogens (primary N) is 1. The zero-order chi connectivity index (χ0) is 22.2. The van der Waals surface area contributed by atoms with Crippen LogP contribution >= 0.6 is 0 Å². The lowest BCUT2D eigenvalue weighted by atomic mass is 10.0. The average Bonchev–Trinajstić information content (AvgIpc) is 3.65. The van der Waals surface area contributed by atoms with Crippen molar-refractivity contribution in [3.05, 3.63) is 76.3 Å². The third-order valence-electron chi connectivity index (χ3n) is 6.24. The van der Waals surface area contributed by atoms with Crippen molar-refractivity contribution < 1.29 is 9.13 Å². The second-order valence-corrected chi connectivity index (χ2v) is 8.35. The third-order valence-corrected chi connectivity index (χ3v) is 6.24. The van der Waals surface area contributed by atoms with Crippen LogP contribution in [0.5, 0.6) is 5.75 Å². The number of hydrogen-bond acceptors (Lipinski definition) is 4. The van der Waals surface area contributed by atoms with Gasteiger partial charge in [-0.25, -0.2) is 4.39 Å². The Labute approximate surface area is 185 Å². The number of aryl methyl sites for hydroxylation is 1. The molecule has 5 rings (SSSR count). The van der Waals surface area contributed by atoms with Crippen molar-refractivity contribution in [3.63, 3.8) is 0 Å². The number of fused-ring (bicyclic) bond motifs is 2. The molecule has 0 amide bonds. The fraction of sp³-hybridized carbons (Fsp3) is 0.269. The summed E-state index contributed by atoms with van der Waals surface area (Å²) in [5, 5.41) is 5.84. The van der Waals surface area contributed by atoms with Crippen LogP contribution in [-0.2, 0) is 6.42 Å². The quantitative estimate of drug-likeness (QED) is 0.309. The van der Waals surface area contributed by atoms with Gasteiger partial charge in [0.15, 0.2) is 17.0 Å². The smallest absolute Gasteiger partial charge is 0.191 e. The zero-order valence-corrected chi connectivity index (χ0v) is 18.0. The lowest BCUT2D eigenvalue weighted by Gasteiger charge is -2.20. The van der Waals surface area contributed by atoms with Crippen LogP contribution in [0.2, 0.25) is 0 Å². The molecule has 1 fully saturated rings. The lowest BCUT2D eigenvalue weighted by molar-refractivity contribution is 0.416. The Morgan fingerprint density at radius 1 is 1.16 bits per heavy atom. The van der Waals surface area contributed by atoms with Crippen molar-refractivity contribution >= 4 is 33.1 Å². The van der Waals surface area contributed by atoms with Gasteiger partial charge in [0.2, 0.25) is 0 Å². The third kappa shape index (κ3) is 3.45. The van der Waals surface area contributed by atoms with Gasteiger partial charge >= 0.3 is 0 Å². The van der Waals surface area contributed by atoms with E-state index in [0.29, 0.717) is 17.8 Å². The maximum atomic E-state index is 15.3. The maximum absolute atomic E-state index is 15.3. The molecule has 1 saturated carbocycles. The van der Waals surface area contributed by atoms with Crippen molar-refractivity contribution in [1.29, 1.82) is 0 Å². The molecule has 0 radical (unpaired) electrons. The molecule has 1 aliphatic rings. The second kappa shape index (κ2) is 8.19. The number of anilines is 2. The number of nitrogens with one attached hydrogen (secondary N) is 1. The van der Waals surface area contributed by atoms with Crippen LogP contribution in [0.4, 0.5) is 15.8 Å². The fourth-order valence-corrected chi connectivity index (χ4v) is 4.52. The van der Waals surface area contributed by atoms with Gasteiger partial charge in [-0.2, -0.15) is 0 Å². The summed E-state index contributed by atoms with van der Waals surface area (Å²) in [5.74, 6) is -0.299. The van der Waals surface area contributed by atoms with Crippen molar-refractivity contribution in [2.75, 3.05) is 24.7 Å². The number of rotatable bonds is 7. The molecule has 0 saturated heterocycles. The summed E-state index contributed by atoms with van der Waals surface area (Å²) >= 11 is 0. The summed E-state index contributed by atoms with van der Waals surface area (Å²) < 4.78 is 22.9. The van der Waals surface area contributed by atoms with Crippen molar-refractivity contribution in [1.82, 2.24) is 4.57 Å². The zero-order valence-electron chi connectivity index (χ0n) is 18.0. The van der Waals surface area contributed by atoms with E-state index in [9.17, 15) is 4.79 Å². The van der Waals surface area contributed by atoms with Crippen LogP contribution in [-0.4, -0.2) is 18.2 Å². The molecule has 0 aliphatic heterocycles. The van der Waals surface area contributed by atoms with E-state index >= 15 is 4.39 Å². The molecule has 32 heavy (non-hydrogen) atoms. The van der Waals surface area contributed by atoms with Crippen LogP contribution in [0.1, 0.15) is 30.9 Å². The van der Waals surface area contributed by atoms with E-state index in [1.54, 1.807) is 6.20 Å². The Kier molecular flexibility index (Phi) is 5.21. The number of nitrogen functional groups attached to an aromatic ring is 1. The van der Waals surface area contributed by atoms with Crippen molar-refractivity contribution in [3.8, 4) is 5.75 Å². The van der Waals surface area contributed by atoms with Crippen molar-refractivity contribution in [2.24, 2.45) is 0 Å². The minimum absolute atomic E-state index is 0.127. The molecular formula is C26H26FN3O2. The van der Waals surface area contributed by atoms with Crippen LogP contribution < -0.4 is 21.2 Å². The first-order chi connectivity index (χ1) is 15.6. The Morgan fingerprint density at radius 2 is 1.94 bits per heavy atom. The highest BCUT2D eigenvalue weighted by molar-refractivity contribution is 6.00. The van der Waals surface area contributed by atoms with E-state index in [4.69, 9.17) is 10.5 Å². The molecule has 6 heteroatoms. The van der Waals surface area contributed by atoms with Crippen LogP contribution in [0.15, 0.2) is 59.5 Å². The normalized spacial score (nSPS) is 13.6. The maximum Gasteiger partial charge on any atom is 0.191 e. The lowest BCUT2D eigenvalue weighted by Crippen LogP contribution is -2.15. The monoisotopic (exact) mass is 431 g/mol. The Bertz CT molecular complexity index is 1370. The first-order valence-corrected chi connectivity index (χ1v) is 11.0. The van der Waals surface area contributed by atoms with Gasteiger partial charge in [-0.3, -0.25) is 4.79 Å². The van der Waals surface area contributed by atoms with Gasteiger partial charge in [-0.15, -0.1) is 0 Å². The molecule has 1 aliphatic carbocycles. The summed E-state index contributed by atoms with van der Waals surface area (Å²) in [7, 11) is 1.50. The van der Waals surface area contributed by atoms with Crippen LogP contribution in [0.25, 0.3) is 21.7 Å². The molecule has 0 spiro atoms. The SMILES string of the molecule is COc1c(NCCCc2cccc3ccccc23)c(F)c(N)c2c(=O)ccn(C3CC3)c12. The van der Waals surface area contributed by atoms with E-state index < -0.39 is 5.82 Å². The average molecular weight is 432 g/mol. The van der Waals surface area contributed by atoms with Gasteiger partial charge < -0.3 is 20.4 Å². The van der Waals surface area contributed by atoms with E-state index in [0.717, 1.165) is 25.7 Å². The number of benzene rings is 3.